The molecule has 0 radical (unpaired) electrons. The Morgan fingerprint density at radius 3 is 2.43 bits per heavy atom. The van der Waals surface area contributed by atoms with Crippen molar-refractivity contribution in [1.82, 2.24) is 10.2 Å². The normalized spacial score (nSPS) is 23.3. The summed E-state index contributed by atoms with van der Waals surface area (Å²) in [6, 6.07) is 24.7. The number of aliphatic hydroxyl groups excluding tert-OH is 1. The summed E-state index contributed by atoms with van der Waals surface area (Å²) in [4.78, 5) is 25.3. The third-order valence-corrected chi connectivity index (χ3v) is 9.12. The number of aliphatic hydroxyl groups is 1. The first-order valence-corrected chi connectivity index (χ1v) is 16.3. The topological polar surface area (TPSA) is 118 Å². The van der Waals surface area contributed by atoms with Gasteiger partial charge in [0.1, 0.15) is 0 Å². The molecule has 9 nitrogen and oxygen atoms in total. The standard InChI is InChI=1S/C37H46N2O7/c1-25-33(22-39-19-5-8-32(39)24-44-2)45-37(46-36(25)29-13-11-26(23-40)12-14-29)30-17-15-28(16-18-30)31-7-3-6-27(20-31)21-38-34(41)9-4-10-35(42)43/h3,6-7,11-18,20,25,32-33,36-37,40H,4-5,8-10,19,21-24H2,1-2H3,(H,38,41)(H,42,43). The van der Waals surface area contributed by atoms with E-state index in [2.05, 4.69) is 47.5 Å². The lowest BCUT2D eigenvalue weighted by Gasteiger charge is -2.43. The number of likely N-dealkylation sites (tertiary alicyclic amines) is 1. The van der Waals surface area contributed by atoms with E-state index in [-0.39, 0.29) is 43.5 Å². The maximum Gasteiger partial charge on any atom is 0.303 e. The van der Waals surface area contributed by atoms with Gasteiger partial charge in [-0.1, -0.05) is 73.7 Å². The number of carbonyl (C=O) groups excluding carboxylic acids is 1. The molecule has 9 heteroatoms. The second kappa shape index (κ2) is 16.3. The zero-order valence-corrected chi connectivity index (χ0v) is 26.8. The van der Waals surface area contributed by atoms with Crippen LogP contribution < -0.4 is 5.32 Å². The first-order chi connectivity index (χ1) is 22.3. The van der Waals surface area contributed by atoms with Gasteiger partial charge in [-0.15, -0.1) is 0 Å². The highest BCUT2D eigenvalue weighted by molar-refractivity contribution is 5.76. The zero-order chi connectivity index (χ0) is 32.5. The van der Waals surface area contributed by atoms with Crippen LogP contribution in [0.2, 0.25) is 0 Å². The van der Waals surface area contributed by atoms with E-state index in [1.165, 1.54) is 0 Å². The number of nitrogens with one attached hydrogen (secondary N) is 1. The second-order valence-corrected chi connectivity index (χ2v) is 12.4. The summed E-state index contributed by atoms with van der Waals surface area (Å²) in [6.07, 6.45) is 2.03. The number of methoxy groups -OCH3 is 1. The maximum atomic E-state index is 12.1. The molecule has 0 saturated carbocycles. The fourth-order valence-corrected chi connectivity index (χ4v) is 6.46. The first-order valence-electron chi connectivity index (χ1n) is 16.3. The van der Waals surface area contributed by atoms with Gasteiger partial charge >= 0.3 is 5.97 Å². The number of amides is 1. The Labute approximate surface area is 271 Å². The van der Waals surface area contributed by atoms with Gasteiger partial charge in [-0.05, 0) is 59.7 Å². The van der Waals surface area contributed by atoms with Gasteiger partial charge in [0, 0.05) is 50.6 Å². The van der Waals surface area contributed by atoms with Crippen molar-refractivity contribution in [3.8, 4) is 11.1 Å². The van der Waals surface area contributed by atoms with Crippen LogP contribution >= 0.6 is 0 Å². The molecular formula is C37H46N2O7. The van der Waals surface area contributed by atoms with Gasteiger partial charge in [0.05, 0.1) is 25.4 Å². The van der Waals surface area contributed by atoms with Gasteiger partial charge in [-0.2, -0.15) is 0 Å². The third-order valence-electron chi connectivity index (χ3n) is 9.12. The molecule has 0 spiro atoms. The van der Waals surface area contributed by atoms with Crippen molar-refractivity contribution in [1.29, 1.82) is 0 Å². The van der Waals surface area contributed by atoms with Crippen LogP contribution in [0, 0.1) is 5.92 Å². The fraction of sp³-hybridized carbons (Fsp3) is 0.459. The minimum Gasteiger partial charge on any atom is -0.481 e. The molecule has 5 rings (SSSR count). The van der Waals surface area contributed by atoms with Crippen molar-refractivity contribution in [2.24, 2.45) is 5.92 Å². The number of carboxylic acids is 1. The molecule has 1 amide bonds. The average Bonchev–Trinajstić information content (AvgIpc) is 3.51. The number of carboxylic acid groups (broad SMARTS) is 1. The zero-order valence-electron chi connectivity index (χ0n) is 26.8. The van der Waals surface area contributed by atoms with Crippen molar-refractivity contribution in [3.63, 3.8) is 0 Å². The van der Waals surface area contributed by atoms with E-state index in [0.29, 0.717) is 19.0 Å². The summed E-state index contributed by atoms with van der Waals surface area (Å²) in [5.74, 6) is -0.938. The van der Waals surface area contributed by atoms with Crippen molar-refractivity contribution < 1.29 is 34.0 Å². The van der Waals surface area contributed by atoms with E-state index in [4.69, 9.17) is 19.3 Å². The maximum absolute atomic E-state index is 12.1. The molecular weight excluding hydrogens is 584 g/mol. The van der Waals surface area contributed by atoms with Crippen LogP contribution in [0.5, 0.6) is 0 Å². The lowest BCUT2D eigenvalue weighted by atomic mass is 9.89. The van der Waals surface area contributed by atoms with E-state index in [9.17, 15) is 14.7 Å². The first kappa shape index (κ1) is 33.8. The Hall–Kier alpha value is -3.60. The minimum atomic E-state index is -0.894. The molecule has 0 bridgehead atoms. The molecule has 2 aliphatic heterocycles. The molecule has 46 heavy (non-hydrogen) atoms. The molecule has 2 heterocycles. The number of carbonyl (C=O) groups is 2. The summed E-state index contributed by atoms with van der Waals surface area (Å²) in [5, 5.41) is 21.2. The van der Waals surface area contributed by atoms with Gasteiger partial charge in [-0.25, -0.2) is 0 Å². The smallest absolute Gasteiger partial charge is 0.303 e. The molecule has 5 unspecified atom stereocenters. The number of nitrogens with zero attached hydrogens (tertiary/aromatic N) is 1. The summed E-state index contributed by atoms with van der Waals surface area (Å²) >= 11 is 0. The number of hydrogen-bond acceptors (Lipinski definition) is 7. The largest absolute Gasteiger partial charge is 0.481 e. The van der Waals surface area contributed by atoms with Crippen LogP contribution in [0.1, 0.15) is 73.7 Å². The Kier molecular flexibility index (Phi) is 12.0. The predicted octanol–water partition coefficient (Wildman–Crippen LogP) is 5.62. The lowest BCUT2D eigenvalue weighted by Crippen LogP contribution is -2.46. The van der Waals surface area contributed by atoms with E-state index >= 15 is 0 Å². The fourth-order valence-electron chi connectivity index (χ4n) is 6.46. The number of hydrogen-bond donors (Lipinski definition) is 3. The molecule has 3 aromatic rings. The van der Waals surface area contributed by atoms with E-state index < -0.39 is 12.3 Å². The summed E-state index contributed by atoms with van der Waals surface area (Å²) in [5.41, 5.74) is 5.91. The van der Waals surface area contributed by atoms with Crippen molar-refractivity contribution >= 4 is 11.9 Å². The van der Waals surface area contributed by atoms with Crippen molar-refractivity contribution in [2.75, 3.05) is 26.8 Å². The number of ether oxygens (including phenoxy) is 3. The van der Waals surface area contributed by atoms with E-state index in [0.717, 1.165) is 65.9 Å². The van der Waals surface area contributed by atoms with Crippen LogP contribution in [0.4, 0.5) is 0 Å². The molecule has 2 fully saturated rings. The van der Waals surface area contributed by atoms with Gasteiger partial charge < -0.3 is 29.7 Å². The van der Waals surface area contributed by atoms with E-state index in [1.807, 2.05) is 42.5 Å². The van der Waals surface area contributed by atoms with Crippen LogP contribution in [-0.4, -0.2) is 65.9 Å². The van der Waals surface area contributed by atoms with Crippen LogP contribution in [-0.2, 0) is 37.0 Å². The number of aliphatic carboxylic acids is 1. The Balaban J connectivity index is 1.29. The molecule has 3 aromatic carbocycles. The Morgan fingerprint density at radius 1 is 0.957 bits per heavy atom. The quantitative estimate of drug-likeness (QED) is 0.210. The van der Waals surface area contributed by atoms with Crippen LogP contribution in [0.25, 0.3) is 11.1 Å². The molecule has 0 aromatic heterocycles. The number of rotatable bonds is 14. The van der Waals surface area contributed by atoms with Crippen molar-refractivity contribution in [3.05, 3.63) is 95.1 Å². The molecule has 246 valence electrons. The molecule has 2 aliphatic rings. The number of benzene rings is 3. The van der Waals surface area contributed by atoms with Gasteiger partial charge in [0.25, 0.3) is 0 Å². The SMILES string of the molecule is COCC1CCCN1CC1OC(c2ccc(-c3cccc(CNC(=O)CCCC(=O)O)c3)cc2)OC(c2ccc(CO)cc2)C1C. The monoisotopic (exact) mass is 630 g/mol. The van der Waals surface area contributed by atoms with E-state index in [1.54, 1.807) is 7.11 Å². The molecule has 2 saturated heterocycles. The highest BCUT2D eigenvalue weighted by atomic mass is 16.7. The Morgan fingerprint density at radius 2 is 1.72 bits per heavy atom. The highest BCUT2D eigenvalue weighted by Gasteiger charge is 2.40. The van der Waals surface area contributed by atoms with Gasteiger partial charge in [-0.3, -0.25) is 14.5 Å². The van der Waals surface area contributed by atoms with Crippen LogP contribution in [0.15, 0.2) is 72.8 Å². The average molecular weight is 631 g/mol. The predicted molar refractivity (Wildman–Crippen MR) is 175 cm³/mol. The summed E-state index contributed by atoms with van der Waals surface area (Å²) in [7, 11) is 1.76. The lowest BCUT2D eigenvalue weighted by molar-refractivity contribution is -0.276. The third kappa shape index (κ3) is 8.80. The Bertz CT molecular complexity index is 1430. The molecule has 5 atom stereocenters. The van der Waals surface area contributed by atoms with Crippen molar-refractivity contribution in [2.45, 2.75) is 76.7 Å². The highest BCUT2D eigenvalue weighted by Crippen LogP contribution is 2.42. The van der Waals surface area contributed by atoms with Crippen LogP contribution in [0.3, 0.4) is 0 Å². The van der Waals surface area contributed by atoms with Gasteiger partial charge in [0.15, 0.2) is 6.29 Å². The minimum absolute atomic E-state index is 0.00402. The van der Waals surface area contributed by atoms with Gasteiger partial charge in [0.2, 0.25) is 5.91 Å². The molecule has 0 aliphatic carbocycles. The summed E-state index contributed by atoms with van der Waals surface area (Å²) in [6.45, 7) is 5.13. The summed E-state index contributed by atoms with van der Waals surface area (Å²) < 4.78 is 18.9. The molecule has 3 N–H and O–H groups in total. The second-order valence-electron chi connectivity index (χ2n) is 12.4.